The largest absolute Gasteiger partial charge is 0.479 e. The van der Waals surface area contributed by atoms with Crippen LogP contribution in [0.3, 0.4) is 0 Å². The summed E-state index contributed by atoms with van der Waals surface area (Å²) in [4.78, 5) is 22.1. The quantitative estimate of drug-likeness (QED) is 0.592. The van der Waals surface area contributed by atoms with Crippen LogP contribution in [-0.4, -0.2) is 24.6 Å². The molecule has 0 aliphatic heterocycles. The van der Waals surface area contributed by atoms with Crippen LogP contribution < -0.4 is 9.47 Å². The van der Waals surface area contributed by atoms with Crippen LogP contribution in [0.2, 0.25) is 0 Å². The van der Waals surface area contributed by atoms with Gasteiger partial charge in [-0.15, -0.1) is 0 Å². The van der Waals surface area contributed by atoms with Crippen LogP contribution in [0.25, 0.3) is 0 Å². The standard InChI is InChI=1S/C13H16O5/c1-4-16-13(15)9(2)17-11-5-7-12(8-6-11)18-10(3)14/h5-9H,4H2,1-3H3. The molecule has 0 amide bonds. The van der Waals surface area contributed by atoms with Gasteiger partial charge in [0.2, 0.25) is 0 Å². The summed E-state index contributed by atoms with van der Waals surface area (Å²) in [7, 11) is 0. The van der Waals surface area contributed by atoms with Crippen LogP contribution in [0.1, 0.15) is 20.8 Å². The van der Waals surface area contributed by atoms with Crippen molar-refractivity contribution in [3.8, 4) is 11.5 Å². The molecule has 5 heteroatoms. The molecular formula is C13H16O5. The molecule has 1 unspecified atom stereocenters. The highest BCUT2D eigenvalue weighted by molar-refractivity contribution is 5.74. The number of carbonyl (C=O) groups excluding carboxylic acids is 2. The third kappa shape index (κ3) is 4.45. The van der Waals surface area contributed by atoms with Gasteiger partial charge in [0.1, 0.15) is 11.5 Å². The van der Waals surface area contributed by atoms with E-state index < -0.39 is 12.1 Å². The monoisotopic (exact) mass is 252 g/mol. The molecule has 0 N–H and O–H groups in total. The first-order valence-corrected chi connectivity index (χ1v) is 5.64. The molecule has 1 aromatic carbocycles. The van der Waals surface area contributed by atoms with Gasteiger partial charge in [0.15, 0.2) is 6.10 Å². The van der Waals surface area contributed by atoms with Crippen molar-refractivity contribution in [2.45, 2.75) is 26.9 Å². The van der Waals surface area contributed by atoms with Crippen LogP contribution in [-0.2, 0) is 14.3 Å². The van der Waals surface area contributed by atoms with Gasteiger partial charge < -0.3 is 14.2 Å². The van der Waals surface area contributed by atoms with Gasteiger partial charge in [0.25, 0.3) is 0 Å². The number of benzene rings is 1. The van der Waals surface area contributed by atoms with E-state index in [1.165, 1.54) is 6.92 Å². The van der Waals surface area contributed by atoms with Crippen molar-refractivity contribution in [1.82, 2.24) is 0 Å². The fraction of sp³-hybridized carbons (Fsp3) is 0.385. The zero-order chi connectivity index (χ0) is 13.5. The molecule has 1 atom stereocenters. The fourth-order valence-corrected chi connectivity index (χ4v) is 1.26. The molecule has 0 aromatic heterocycles. The number of hydrogen-bond acceptors (Lipinski definition) is 5. The second-order valence-corrected chi connectivity index (χ2v) is 3.58. The SMILES string of the molecule is CCOC(=O)C(C)Oc1ccc(OC(C)=O)cc1. The summed E-state index contributed by atoms with van der Waals surface area (Å²) in [5, 5.41) is 0. The topological polar surface area (TPSA) is 61.8 Å². The second kappa shape index (κ2) is 6.64. The predicted octanol–water partition coefficient (Wildman–Crippen LogP) is 1.94. The van der Waals surface area contributed by atoms with E-state index in [0.717, 1.165) is 0 Å². The number of rotatable bonds is 5. The van der Waals surface area contributed by atoms with Gasteiger partial charge in [-0.2, -0.15) is 0 Å². The number of hydrogen-bond donors (Lipinski definition) is 0. The summed E-state index contributed by atoms with van der Waals surface area (Å²) < 4.78 is 15.1. The van der Waals surface area contributed by atoms with Crippen LogP contribution in [0.4, 0.5) is 0 Å². The van der Waals surface area contributed by atoms with E-state index in [1.807, 2.05) is 0 Å². The van der Waals surface area contributed by atoms with E-state index in [2.05, 4.69) is 0 Å². The lowest BCUT2D eigenvalue weighted by atomic mass is 10.3. The Kier molecular flexibility index (Phi) is 5.17. The third-order valence-corrected chi connectivity index (χ3v) is 2.02. The van der Waals surface area contributed by atoms with Crippen molar-refractivity contribution in [3.63, 3.8) is 0 Å². The van der Waals surface area contributed by atoms with Gasteiger partial charge in [-0.05, 0) is 38.1 Å². The Balaban J connectivity index is 2.58. The molecule has 0 saturated heterocycles. The van der Waals surface area contributed by atoms with Gasteiger partial charge in [-0.1, -0.05) is 0 Å². The first-order valence-electron chi connectivity index (χ1n) is 5.64. The summed E-state index contributed by atoms with van der Waals surface area (Å²) in [6.07, 6.45) is -0.676. The van der Waals surface area contributed by atoms with Gasteiger partial charge in [-0.25, -0.2) is 4.79 Å². The fourth-order valence-electron chi connectivity index (χ4n) is 1.26. The van der Waals surface area contributed by atoms with Gasteiger partial charge in [0.05, 0.1) is 6.61 Å². The summed E-state index contributed by atoms with van der Waals surface area (Å²) in [5.74, 6) is 0.134. The van der Waals surface area contributed by atoms with E-state index in [1.54, 1.807) is 38.1 Å². The lowest BCUT2D eigenvalue weighted by Crippen LogP contribution is -2.26. The Morgan fingerprint density at radius 3 is 2.22 bits per heavy atom. The molecule has 0 spiro atoms. The minimum atomic E-state index is -0.676. The predicted molar refractivity (Wildman–Crippen MR) is 64.5 cm³/mol. The van der Waals surface area contributed by atoms with Gasteiger partial charge in [0, 0.05) is 6.92 Å². The van der Waals surface area contributed by atoms with Gasteiger partial charge >= 0.3 is 11.9 Å². The minimum absolute atomic E-state index is 0.317. The maximum Gasteiger partial charge on any atom is 0.347 e. The van der Waals surface area contributed by atoms with Crippen LogP contribution >= 0.6 is 0 Å². The Labute approximate surface area is 106 Å². The van der Waals surface area contributed by atoms with E-state index in [9.17, 15) is 9.59 Å². The van der Waals surface area contributed by atoms with Crippen LogP contribution in [0.5, 0.6) is 11.5 Å². The number of carbonyl (C=O) groups is 2. The average Bonchev–Trinajstić information content (AvgIpc) is 2.31. The molecular weight excluding hydrogens is 236 g/mol. The highest BCUT2D eigenvalue weighted by Gasteiger charge is 2.15. The molecule has 5 nitrogen and oxygen atoms in total. The molecule has 0 fully saturated rings. The highest BCUT2D eigenvalue weighted by Crippen LogP contribution is 2.19. The highest BCUT2D eigenvalue weighted by atomic mass is 16.6. The molecule has 0 radical (unpaired) electrons. The zero-order valence-electron chi connectivity index (χ0n) is 10.6. The first-order chi connectivity index (χ1) is 8.52. The second-order valence-electron chi connectivity index (χ2n) is 3.58. The van der Waals surface area contributed by atoms with Gasteiger partial charge in [-0.3, -0.25) is 4.79 Å². The van der Waals surface area contributed by atoms with E-state index >= 15 is 0 Å². The van der Waals surface area contributed by atoms with Crippen molar-refractivity contribution in [2.75, 3.05) is 6.61 Å². The van der Waals surface area contributed by atoms with Crippen LogP contribution in [0.15, 0.2) is 24.3 Å². The molecule has 0 heterocycles. The van der Waals surface area contributed by atoms with Crippen LogP contribution in [0, 0.1) is 0 Å². The van der Waals surface area contributed by atoms with E-state index in [0.29, 0.717) is 18.1 Å². The minimum Gasteiger partial charge on any atom is -0.479 e. The van der Waals surface area contributed by atoms with E-state index in [4.69, 9.17) is 14.2 Å². The zero-order valence-corrected chi connectivity index (χ0v) is 10.6. The number of ether oxygens (including phenoxy) is 3. The van der Waals surface area contributed by atoms with E-state index in [-0.39, 0.29) is 5.97 Å². The summed E-state index contributed by atoms with van der Waals surface area (Å²) in [6, 6.07) is 6.42. The molecule has 18 heavy (non-hydrogen) atoms. The Bertz CT molecular complexity index is 410. The Morgan fingerprint density at radius 1 is 1.17 bits per heavy atom. The molecule has 0 bridgehead atoms. The third-order valence-electron chi connectivity index (χ3n) is 2.02. The van der Waals surface area contributed by atoms with Crippen molar-refractivity contribution in [2.24, 2.45) is 0 Å². The normalized spacial score (nSPS) is 11.5. The van der Waals surface area contributed by atoms with Crippen molar-refractivity contribution >= 4 is 11.9 Å². The molecule has 1 rings (SSSR count). The summed E-state index contributed by atoms with van der Waals surface area (Å²) >= 11 is 0. The lowest BCUT2D eigenvalue weighted by Gasteiger charge is -2.13. The van der Waals surface area contributed by atoms with Crippen molar-refractivity contribution in [1.29, 1.82) is 0 Å². The molecule has 0 aliphatic carbocycles. The van der Waals surface area contributed by atoms with Crippen molar-refractivity contribution in [3.05, 3.63) is 24.3 Å². The maximum absolute atomic E-state index is 11.3. The number of esters is 2. The summed E-state index contributed by atoms with van der Waals surface area (Å²) in [6.45, 7) is 4.99. The smallest absolute Gasteiger partial charge is 0.347 e. The average molecular weight is 252 g/mol. The molecule has 0 saturated carbocycles. The molecule has 0 aliphatic rings. The maximum atomic E-state index is 11.3. The summed E-state index contributed by atoms with van der Waals surface area (Å²) in [5.41, 5.74) is 0. The van der Waals surface area contributed by atoms with Crippen molar-refractivity contribution < 1.29 is 23.8 Å². The molecule has 98 valence electrons. The molecule has 1 aromatic rings. The lowest BCUT2D eigenvalue weighted by molar-refractivity contribution is -0.150. The Hall–Kier alpha value is -2.04. The Morgan fingerprint density at radius 2 is 1.72 bits per heavy atom. The first kappa shape index (κ1) is 14.0.